The minimum atomic E-state index is -0.398. The second-order valence-electron chi connectivity index (χ2n) is 6.74. The number of carbonyl (C=O) groups excluding carboxylic acids is 2. The smallest absolute Gasteiger partial charge is 0.229 e. The van der Waals surface area contributed by atoms with Crippen molar-refractivity contribution in [1.82, 2.24) is 4.98 Å². The van der Waals surface area contributed by atoms with Crippen LogP contribution in [0.25, 0.3) is 10.9 Å². The molecule has 1 saturated heterocycles. The van der Waals surface area contributed by atoms with E-state index in [1.165, 1.54) is 0 Å². The number of nitrogens with zero attached hydrogens (tertiary/aromatic N) is 2. The number of pyridine rings is 1. The molecule has 28 heavy (non-hydrogen) atoms. The average Bonchev–Trinajstić information content (AvgIpc) is 3.11. The Labute approximate surface area is 163 Å². The number of fused-ring (bicyclic) bond motifs is 1. The van der Waals surface area contributed by atoms with Crippen LogP contribution in [0.2, 0.25) is 0 Å². The average molecular weight is 375 g/mol. The maximum absolute atomic E-state index is 12.7. The molecule has 1 aliphatic rings. The Hall–Kier alpha value is -3.41. The molecule has 2 heterocycles. The number of hydrogen-bond acceptors (Lipinski definition) is 4. The number of para-hydroxylation sites is 1. The highest BCUT2D eigenvalue weighted by molar-refractivity contribution is 6.03. The Morgan fingerprint density at radius 1 is 1.21 bits per heavy atom. The first kappa shape index (κ1) is 18.0. The van der Waals surface area contributed by atoms with E-state index in [1.54, 1.807) is 11.1 Å². The Bertz CT molecular complexity index is 1020. The van der Waals surface area contributed by atoms with E-state index in [4.69, 9.17) is 4.74 Å². The number of hydrogen-bond donors (Lipinski definition) is 1. The lowest BCUT2D eigenvalue weighted by atomic mass is 10.1. The van der Waals surface area contributed by atoms with Crippen LogP contribution < -0.4 is 15.0 Å². The molecule has 3 aromatic rings. The molecule has 142 valence electrons. The van der Waals surface area contributed by atoms with Crippen LogP contribution in [0.4, 0.5) is 11.4 Å². The van der Waals surface area contributed by atoms with Gasteiger partial charge in [-0.1, -0.05) is 18.2 Å². The topological polar surface area (TPSA) is 71.5 Å². The first-order chi connectivity index (χ1) is 13.6. The van der Waals surface area contributed by atoms with Crippen LogP contribution in [0.15, 0.2) is 60.8 Å². The van der Waals surface area contributed by atoms with Gasteiger partial charge in [0.1, 0.15) is 5.75 Å². The van der Waals surface area contributed by atoms with Crippen molar-refractivity contribution in [1.29, 1.82) is 0 Å². The number of aromatic nitrogens is 1. The summed E-state index contributed by atoms with van der Waals surface area (Å²) in [5.74, 6) is 0.140. The predicted molar refractivity (Wildman–Crippen MR) is 108 cm³/mol. The fraction of sp³-hybridized carbons (Fsp3) is 0.227. The maximum atomic E-state index is 12.7. The third-order valence-electron chi connectivity index (χ3n) is 4.81. The number of ether oxygens (including phenoxy) is 1. The summed E-state index contributed by atoms with van der Waals surface area (Å²) in [5, 5.41) is 3.85. The van der Waals surface area contributed by atoms with Crippen molar-refractivity contribution in [3.05, 3.63) is 60.8 Å². The monoisotopic (exact) mass is 375 g/mol. The molecule has 0 bridgehead atoms. The maximum Gasteiger partial charge on any atom is 0.229 e. The normalized spacial score (nSPS) is 16.4. The van der Waals surface area contributed by atoms with E-state index in [0.29, 0.717) is 18.8 Å². The summed E-state index contributed by atoms with van der Waals surface area (Å²) in [7, 11) is 0. The van der Waals surface area contributed by atoms with Crippen molar-refractivity contribution in [2.75, 3.05) is 23.4 Å². The van der Waals surface area contributed by atoms with E-state index in [2.05, 4.69) is 10.3 Å². The summed E-state index contributed by atoms with van der Waals surface area (Å²) in [6.07, 6.45) is 1.83. The van der Waals surface area contributed by atoms with Gasteiger partial charge >= 0.3 is 0 Å². The van der Waals surface area contributed by atoms with Gasteiger partial charge in [0.05, 0.1) is 29.9 Å². The second-order valence-corrected chi connectivity index (χ2v) is 6.74. The molecule has 6 heteroatoms. The lowest BCUT2D eigenvalue weighted by Crippen LogP contribution is -2.28. The Morgan fingerprint density at radius 2 is 2.00 bits per heavy atom. The summed E-state index contributed by atoms with van der Waals surface area (Å²) in [5.41, 5.74) is 2.28. The van der Waals surface area contributed by atoms with Gasteiger partial charge in [-0.15, -0.1) is 0 Å². The summed E-state index contributed by atoms with van der Waals surface area (Å²) in [4.78, 5) is 31.1. The van der Waals surface area contributed by atoms with Gasteiger partial charge in [0.25, 0.3) is 0 Å². The number of amides is 2. The zero-order chi connectivity index (χ0) is 19.5. The Morgan fingerprint density at radius 3 is 2.79 bits per heavy atom. The van der Waals surface area contributed by atoms with Gasteiger partial charge in [-0.25, -0.2) is 0 Å². The third-order valence-corrected chi connectivity index (χ3v) is 4.81. The van der Waals surface area contributed by atoms with Crippen LogP contribution in [0.1, 0.15) is 13.3 Å². The first-order valence-electron chi connectivity index (χ1n) is 9.33. The molecule has 0 aliphatic carbocycles. The minimum Gasteiger partial charge on any atom is -0.494 e. The molecule has 2 amide bonds. The molecule has 6 nitrogen and oxygen atoms in total. The number of nitrogens with one attached hydrogen (secondary N) is 1. The molecule has 1 aromatic heterocycles. The van der Waals surface area contributed by atoms with E-state index < -0.39 is 5.92 Å². The summed E-state index contributed by atoms with van der Waals surface area (Å²) < 4.78 is 5.43. The molecule has 1 atom stereocenters. The molecule has 1 fully saturated rings. The number of carbonyl (C=O) groups is 2. The zero-order valence-corrected chi connectivity index (χ0v) is 15.6. The first-order valence-corrected chi connectivity index (χ1v) is 9.33. The number of rotatable bonds is 5. The molecule has 1 aliphatic heterocycles. The fourth-order valence-corrected chi connectivity index (χ4v) is 3.41. The van der Waals surface area contributed by atoms with Gasteiger partial charge in [-0.3, -0.25) is 14.6 Å². The minimum absolute atomic E-state index is 0.0547. The van der Waals surface area contributed by atoms with Crippen LogP contribution in [0, 0.1) is 5.92 Å². The van der Waals surface area contributed by atoms with Gasteiger partial charge in [-0.05, 0) is 43.3 Å². The molecule has 0 spiro atoms. The molecule has 1 N–H and O–H groups in total. The molecular formula is C22H21N3O3. The van der Waals surface area contributed by atoms with Gasteiger partial charge in [0, 0.05) is 24.0 Å². The Kier molecular flexibility index (Phi) is 4.93. The van der Waals surface area contributed by atoms with Gasteiger partial charge in [0.15, 0.2) is 0 Å². The second kappa shape index (κ2) is 7.68. The summed E-state index contributed by atoms with van der Waals surface area (Å²) in [6.45, 7) is 2.87. The van der Waals surface area contributed by atoms with E-state index in [0.717, 1.165) is 22.3 Å². The predicted octanol–water partition coefficient (Wildman–Crippen LogP) is 3.63. The molecule has 0 saturated carbocycles. The van der Waals surface area contributed by atoms with Crippen LogP contribution in [0.3, 0.4) is 0 Å². The van der Waals surface area contributed by atoms with Crippen LogP contribution in [-0.4, -0.2) is 29.9 Å². The fourth-order valence-electron chi connectivity index (χ4n) is 3.41. The number of anilines is 2. The zero-order valence-electron chi connectivity index (χ0n) is 15.6. The van der Waals surface area contributed by atoms with E-state index in [1.807, 2.05) is 61.5 Å². The van der Waals surface area contributed by atoms with Crippen molar-refractivity contribution in [2.45, 2.75) is 13.3 Å². The summed E-state index contributed by atoms with van der Waals surface area (Å²) >= 11 is 0. The highest BCUT2D eigenvalue weighted by Crippen LogP contribution is 2.28. The van der Waals surface area contributed by atoms with E-state index in [9.17, 15) is 9.59 Å². The van der Waals surface area contributed by atoms with Gasteiger partial charge in [-0.2, -0.15) is 0 Å². The largest absolute Gasteiger partial charge is 0.494 e. The Balaban J connectivity index is 1.44. The van der Waals surface area contributed by atoms with Gasteiger partial charge in [0.2, 0.25) is 11.8 Å². The van der Waals surface area contributed by atoms with Crippen molar-refractivity contribution in [2.24, 2.45) is 5.92 Å². The quantitative estimate of drug-likeness (QED) is 0.739. The van der Waals surface area contributed by atoms with Crippen LogP contribution >= 0.6 is 0 Å². The lowest BCUT2D eigenvalue weighted by Gasteiger charge is -2.17. The number of benzene rings is 2. The highest BCUT2D eigenvalue weighted by atomic mass is 16.5. The molecule has 1 unspecified atom stereocenters. The van der Waals surface area contributed by atoms with Crippen molar-refractivity contribution in [3.8, 4) is 5.75 Å². The van der Waals surface area contributed by atoms with Crippen molar-refractivity contribution >= 4 is 34.1 Å². The third kappa shape index (κ3) is 3.67. The van der Waals surface area contributed by atoms with E-state index in [-0.39, 0.29) is 18.2 Å². The van der Waals surface area contributed by atoms with E-state index >= 15 is 0 Å². The van der Waals surface area contributed by atoms with Crippen LogP contribution in [-0.2, 0) is 9.59 Å². The van der Waals surface area contributed by atoms with Crippen molar-refractivity contribution < 1.29 is 14.3 Å². The lowest BCUT2D eigenvalue weighted by molar-refractivity contribution is -0.122. The molecular weight excluding hydrogens is 354 g/mol. The SMILES string of the molecule is CCOc1ccc(N2CC(C(=O)Nc3cnc4ccccc4c3)CC2=O)cc1. The molecule has 4 rings (SSSR count). The molecule has 0 radical (unpaired) electrons. The highest BCUT2D eigenvalue weighted by Gasteiger charge is 2.35. The molecule has 2 aromatic carbocycles. The summed E-state index contributed by atoms with van der Waals surface area (Å²) in [6, 6.07) is 17.0. The van der Waals surface area contributed by atoms with Gasteiger partial charge < -0.3 is 15.0 Å². The van der Waals surface area contributed by atoms with Crippen molar-refractivity contribution in [3.63, 3.8) is 0 Å². The standard InChI is InChI=1S/C22H21N3O3/c1-2-28-19-9-7-18(8-10-19)25-14-16(12-21(25)26)22(27)24-17-11-15-5-3-4-6-20(15)23-13-17/h3-11,13,16H,2,12,14H2,1H3,(H,24,27). The van der Waals surface area contributed by atoms with Crippen LogP contribution in [0.5, 0.6) is 5.75 Å².